The van der Waals surface area contributed by atoms with Crippen LogP contribution in [0.3, 0.4) is 0 Å². The van der Waals surface area contributed by atoms with E-state index >= 15 is 0 Å². The van der Waals surface area contributed by atoms with Gasteiger partial charge in [0.05, 0.1) is 16.0 Å². The Morgan fingerprint density at radius 2 is 2.10 bits per heavy atom. The van der Waals surface area contributed by atoms with E-state index in [0.29, 0.717) is 21.3 Å². The van der Waals surface area contributed by atoms with Crippen molar-refractivity contribution in [2.24, 2.45) is 0 Å². The summed E-state index contributed by atoms with van der Waals surface area (Å²) in [5, 5.41) is 2.72. The third-order valence-electron chi connectivity index (χ3n) is 2.73. The van der Waals surface area contributed by atoms with Crippen LogP contribution in [0.4, 0.5) is 15.8 Å². The molecule has 0 saturated carbocycles. The number of hydrogen-bond donors (Lipinski definition) is 2. The number of thioether (sulfide) groups is 1. The van der Waals surface area contributed by atoms with Gasteiger partial charge in [0.1, 0.15) is 5.82 Å². The number of halogens is 2. The minimum absolute atomic E-state index is 0.212. The van der Waals surface area contributed by atoms with E-state index < -0.39 is 0 Å². The van der Waals surface area contributed by atoms with Crippen LogP contribution in [-0.2, 0) is 4.79 Å². The van der Waals surface area contributed by atoms with Gasteiger partial charge in [0, 0.05) is 10.6 Å². The van der Waals surface area contributed by atoms with Gasteiger partial charge in [-0.25, -0.2) is 4.39 Å². The zero-order valence-electron chi connectivity index (χ0n) is 11.3. The molecular weight excluding hydrogens is 311 g/mol. The second-order valence-electron chi connectivity index (χ2n) is 4.45. The molecule has 3 N–H and O–H groups in total. The Morgan fingerprint density at radius 1 is 1.33 bits per heavy atom. The average Bonchev–Trinajstić information content (AvgIpc) is 2.41. The molecule has 0 aromatic heterocycles. The summed E-state index contributed by atoms with van der Waals surface area (Å²) in [6.45, 7) is 1.75. The largest absolute Gasteiger partial charge is 0.399 e. The lowest BCUT2D eigenvalue weighted by Gasteiger charge is -2.13. The number of amides is 1. The summed E-state index contributed by atoms with van der Waals surface area (Å²) in [6.07, 6.45) is 0. The molecule has 110 valence electrons. The van der Waals surface area contributed by atoms with Crippen molar-refractivity contribution in [2.45, 2.75) is 17.1 Å². The van der Waals surface area contributed by atoms with E-state index in [2.05, 4.69) is 5.32 Å². The van der Waals surface area contributed by atoms with E-state index in [0.717, 1.165) is 0 Å². The molecule has 21 heavy (non-hydrogen) atoms. The van der Waals surface area contributed by atoms with Gasteiger partial charge in [-0.1, -0.05) is 17.7 Å². The maximum Gasteiger partial charge on any atom is 0.237 e. The molecule has 2 rings (SSSR count). The monoisotopic (exact) mass is 324 g/mol. The number of rotatable bonds is 4. The molecule has 1 amide bonds. The first-order chi connectivity index (χ1) is 9.95. The van der Waals surface area contributed by atoms with Gasteiger partial charge in [0.2, 0.25) is 5.91 Å². The number of nitrogen functional groups attached to an aromatic ring is 1. The molecule has 1 unspecified atom stereocenters. The lowest BCUT2D eigenvalue weighted by molar-refractivity contribution is -0.115. The number of benzene rings is 2. The topological polar surface area (TPSA) is 55.1 Å². The van der Waals surface area contributed by atoms with Crippen molar-refractivity contribution in [3.05, 3.63) is 53.3 Å². The fourth-order valence-electron chi connectivity index (χ4n) is 1.67. The summed E-state index contributed by atoms with van der Waals surface area (Å²) in [5.74, 6) is -0.537. The summed E-state index contributed by atoms with van der Waals surface area (Å²) in [4.78, 5) is 12.8. The molecule has 0 bridgehead atoms. The number of carbonyl (C=O) groups excluding carboxylic acids is 1. The summed E-state index contributed by atoms with van der Waals surface area (Å²) in [5.41, 5.74) is 6.63. The average molecular weight is 325 g/mol. The first kappa shape index (κ1) is 15.7. The summed E-state index contributed by atoms with van der Waals surface area (Å²) >= 11 is 7.28. The van der Waals surface area contributed by atoms with Crippen LogP contribution in [0.15, 0.2) is 47.4 Å². The zero-order chi connectivity index (χ0) is 15.4. The lowest BCUT2D eigenvalue weighted by Crippen LogP contribution is -2.22. The van der Waals surface area contributed by atoms with Crippen LogP contribution in [0.5, 0.6) is 0 Å². The number of hydrogen-bond acceptors (Lipinski definition) is 3. The summed E-state index contributed by atoms with van der Waals surface area (Å²) in [7, 11) is 0. The van der Waals surface area contributed by atoms with Gasteiger partial charge in [-0.15, -0.1) is 11.8 Å². The minimum Gasteiger partial charge on any atom is -0.399 e. The van der Waals surface area contributed by atoms with Crippen LogP contribution in [0, 0.1) is 5.82 Å². The first-order valence-electron chi connectivity index (χ1n) is 6.24. The van der Waals surface area contributed by atoms with Crippen LogP contribution in [0.1, 0.15) is 6.92 Å². The molecule has 3 nitrogen and oxygen atoms in total. The number of anilines is 2. The molecular formula is C15H14ClFN2OS. The molecule has 0 aliphatic heterocycles. The standard InChI is InChI=1S/C15H14ClFN2OS/c1-9(21-12-4-2-3-10(17)7-12)15(20)19-14-6-5-11(18)8-13(14)16/h2-9H,18H2,1H3,(H,19,20). The zero-order valence-corrected chi connectivity index (χ0v) is 12.8. The van der Waals surface area contributed by atoms with E-state index in [4.69, 9.17) is 17.3 Å². The quantitative estimate of drug-likeness (QED) is 0.655. The van der Waals surface area contributed by atoms with E-state index in [1.807, 2.05) is 0 Å². The molecule has 0 saturated heterocycles. The normalized spacial score (nSPS) is 12.0. The Bertz CT molecular complexity index is 666. The van der Waals surface area contributed by atoms with Crippen molar-refractivity contribution < 1.29 is 9.18 Å². The van der Waals surface area contributed by atoms with E-state index in [9.17, 15) is 9.18 Å². The van der Waals surface area contributed by atoms with Crippen molar-refractivity contribution in [2.75, 3.05) is 11.1 Å². The van der Waals surface area contributed by atoms with E-state index in [-0.39, 0.29) is 17.0 Å². The Kier molecular flexibility index (Phi) is 5.09. The van der Waals surface area contributed by atoms with E-state index in [1.54, 1.807) is 37.3 Å². The smallest absolute Gasteiger partial charge is 0.237 e. The van der Waals surface area contributed by atoms with Crippen LogP contribution < -0.4 is 11.1 Å². The molecule has 6 heteroatoms. The van der Waals surface area contributed by atoms with Crippen molar-refractivity contribution in [1.29, 1.82) is 0 Å². The molecule has 0 aliphatic carbocycles. The van der Waals surface area contributed by atoms with Gasteiger partial charge >= 0.3 is 0 Å². The fourth-order valence-corrected chi connectivity index (χ4v) is 2.81. The lowest BCUT2D eigenvalue weighted by atomic mass is 10.2. The molecule has 2 aromatic rings. The molecule has 1 atom stereocenters. The molecule has 0 aliphatic rings. The Labute approximate surface area is 131 Å². The predicted molar refractivity (Wildman–Crippen MR) is 86.2 cm³/mol. The van der Waals surface area contributed by atoms with Gasteiger partial charge in [-0.2, -0.15) is 0 Å². The molecule has 0 fully saturated rings. The van der Waals surface area contributed by atoms with Gasteiger partial charge in [0.25, 0.3) is 0 Å². The highest BCUT2D eigenvalue weighted by atomic mass is 35.5. The minimum atomic E-state index is -0.389. The second kappa shape index (κ2) is 6.83. The van der Waals surface area contributed by atoms with Crippen LogP contribution in [0.25, 0.3) is 0 Å². The molecule has 0 heterocycles. The Balaban J connectivity index is 2.02. The van der Waals surface area contributed by atoms with Gasteiger partial charge in [-0.05, 0) is 43.3 Å². The van der Waals surface area contributed by atoms with Crippen LogP contribution in [0.2, 0.25) is 5.02 Å². The van der Waals surface area contributed by atoms with Crippen molar-refractivity contribution in [1.82, 2.24) is 0 Å². The fraction of sp³-hybridized carbons (Fsp3) is 0.133. The highest BCUT2D eigenvalue weighted by molar-refractivity contribution is 8.00. The van der Waals surface area contributed by atoms with Crippen molar-refractivity contribution in [3.8, 4) is 0 Å². The summed E-state index contributed by atoms with van der Waals surface area (Å²) in [6, 6.07) is 11.0. The third-order valence-corrected chi connectivity index (χ3v) is 4.14. The van der Waals surface area contributed by atoms with Crippen LogP contribution in [-0.4, -0.2) is 11.2 Å². The predicted octanol–water partition coefficient (Wildman–Crippen LogP) is 4.18. The second-order valence-corrected chi connectivity index (χ2v) is 6.27. The number of nitrogens with one attached hydrogen (secondary N) is 1. The molecule has 2 aromatic carbocycles. The maximum absolute atomic E-state index is 13.1. The van der Waals surface area contributed by atoms with Crippen LogP contribution >= 0.6 is 23.4 Å². The number of nitrogens with two attached hydrogens (primary N) is 1. The highest BCUT2D eigenvalue weighted by Crippen LogP contribution is 2.27. The van der Waals surface area contributed by atoms with E-state index in [1.165, 1.54) is 23.9 Å². The van der Waals surface area contributed by atoms with Crippen molar-refractivity contribution in [3.63, 3.8) is 0 Å². The summed E-state index contributed by atoms with van der Waals surface area (Å²) < 4.78 is 13.1. The SMILES string of the molecule is CC(Sc1cccc(F)c1)C(=O)Nc1ccc(N)cc1Cl. The van der Waals surface area contributed by atoms with Gasteiger partial charge in [0.15, 0.2) is 0 Å². The third kappa shape index (κ3) is 4.37. The van der Waals surface area contributed by atoms with Crippen molar-refractivity contribution >= 4 is 40.6 Å². The Hall–Kier alpha value is -1.72. The Morgan fingerprint density at radius 3 is 2.76 bits per heavy atom. The first-order valence-corrected chi connectivity index (χ1v) is 7.49. The van der Waals surface area contributed by atoms with Gasteiger partial charge < -0.3 is 11.1 Å². The van der Waals surface area contributed by atoms with Gasteiger partial charge in [-0.3, -0.25) is 4.79 Å². The number of carbonyl (C=O) groups is 1. The molecule has 0 radical (unpaired) electrons. The molecule has 0 spiro atoms. The highest BCUT2D eigenvalue weighted by Gasteiger charge is 2.16. The maximum atomic E-state index is 13.1.